The monoisotopic (exact) mass is 350 g/mol. The summed E-state index contributed by atoms with van der Waals surface area (Å²) in [4.78, 5) is 27.6. The van der Waals surface area contributed by atoms with Crippen molar-refractivity contribution in [2.24, 2.45) is 0 Å². The fraction of sp³-hybridized carbons (Fsp3) is 0.368. The molecule has 1 N–H and O–H groups in total. The highest BCUT2D eigenvalue weighted by molar-refractivity contribution is 5.90. The number of hydrogen-bond donors (Lipinski definition) is 1. The lowest BCUT2D eigenvalue weighted by Crippen LogP contribution is -2.38. The number of amides is 1. The molecule has 7 nitrogen and oxygen atoms in total. The molecular weight excluding hydrogens is 328 g/mol. The fourth-order valence-corrected chi connectivity index (χ4v) is 3.27. The van der Waals surface area contributed by atoms with Crippen LogP contribution in [0.4, 0.5) is 5.82 Å². The van der Waals surface area contributed by atoms with Crippen LogP contribution in [0.15, 0.2) is 43.1 Å². The zero-order valence-corrected chi connectivity index (χ0v) is 15.0. The number of aromatic nitrogens is 4. The molecule has 0 spiro atoms. The molecule has 1 aliphatic rings. The Morgan fingerprint density at radius 3 is 2.81 bits per heavy atom. The largest absolute Gasteiger partial charge is 0.353 e. The second-order valence-electron chi connectivity index (χ2n) is 6.95. The Hall–Kier alpha value is -2.96. The lowest BCUT2D eigenvalue weighted by atomic mass is 10.1. The van der Waals surface area contributed by atoms with E-state index < -0.39 is 0 Å². The third-order valence-electron chi connectivity index (χ3n) is 4.80. The van der Waals surface area contributed by atoms with Crippen molar-refractivity contribution in [1.29, 1.82) is 0 Å². The number of anilines is 1. The molecule has 3 aromatic heterocycles. The first-order chi connectivity index (χ1) is 12.6. The lowest BCUT2D eigenvalue weighted by Gasteiger charge is -2.19. The highest BCUT2D eigenvalue weighted by atomic mass is 16.2. The summed E-state index contributed by atoms with van der Waals surface area (Å²) in [6.07, 6.45) is 10.1. The van der Waals surface area contributed by atoms with Gasteiger partial charge < -0.3 is 14.6 Å². The summed E-state index contributed by atoms with van der Waals surface area (Å²) in [5, 5.41) is 3.05. The minimum Gasteiger partial charge on any atom is -0.353 e. The van der Waals surface area contributed by atoms with E-state index in [1.165, 1.54) is 0 Å². The zero-order chi connectivity index (χ0) is 18.1. The van der Waals surface area contributed by atoms with Gasteiger partial charge in [0.1, 0.15) is 0 Å². The van der Waals surface area contributed by atoms with E-state index in [9.17, 15) is 4.79 Å². The van der Waals surface area contributed by atoms with Gasteiger partial charge in [0.05, 0.1) is 5.52 Å². The van der Waals surface area contributed by atoms with Crippen molar-refractivity contribution in [3.63, 3.8) is 0 Å². The predicted molar refractivity (Wildman–Crippen MR) is 99.4 cm³/mol. The molecular formula is C19H22N6O. The van der Waals surface area contributed by atoms with E-state index in [0.29, 0.717) is 5.92 Å². The smallest absolute Gasteiger partial charge is 0.289 e. The molecule has 134 valence electrons. The van der Waals surface area contributed by atoms with E-state index in [0.717, 1.165) is 36.4 Å². The van der Waals surface area contributed by atoms with Gasteiger partial charge >= 0.3 is 0 Å². The standard InChI is InChI=1S/C19H22N6O/c1-13(2)14-10-21-17(22-11-14)19(26)23-15-5-8-25(12-15)18-16-4-3-7-24(16)9-6-20-18/h3-4,6-7,9-11,13,15H,5,8,12H2,1-2H3,(H,23,26). The van der Waals surface area contributed by atoms with Gasteiger partial charge in [-0.1, -0.05) is 13.8 Å². The number of carbonyl (C=O) groups excluding carboxylic acids is 1. The normalized spacial score (nSPS) is 17.2. The van der Waals surface area contributed by atoms with E-state index in [4.69, 9.17) is 0 Å². The summed E-state index contributed by atoms with van der Waals surface area (Å²) in [6.45, 7) is 5.74. The van der Waals surface area contributed by atoms with Crippen molar-refractivity contribution in [2.75, 3.05) is 18.0 Å². The van der Waals surface area contributed by atoms with E-state index in [-0.39, 0.29) is 17.8 Å². The Kier molecular flexibility index (Phi) is 4.28. The van der Waals surface area contributed by atoms with Gasteiger partial charge in [0.2, 0.25) is 5.82 Å². The van der Waals surface area contributed by atoms with Crippen LogP contribution in [0, 0.1) is 0 Å². The highest BCUT2D eigenvalue weighted by Crippen LogP contribution is 2.23. The van der Waals surface area contributed by atoms with Gasteiger partial charge in [0.25, 0.3) is 5.91 Å². The van der Waals surface area contributed by atoms with Crippen molar-refractivity contribution >= 4 is 17.2 Å². The number of fused-ring (bicyclic) bond motifs is 1. The van der Waals surface area contributed by atoms with E-state index >= 15 is 0 Å². The molecule has 1 amide bonds. The minimum atomic E-state index is -0.221. The van der Waals surface area contributed by atoms with Crippen LogP contribution in [-0.4, -0.2) is 44.4 Å². The van der Waals surface area contributed by atoms with Gasteiger partial charge in [-0.3, -0.25) is 4.79 Å². The lowest BCUT2D eigenvalue weighted by molar-refractivity contribution is 0.0929. The summed E-state index contributed by atoms with van der Waals surface area (Å²) in [7, 11) is 0. The minimum absolute atomic E-state index is 0.0629. The van der Waals surface area contributed by atoms with Gasteiger partial charge in [-0.2, -0.15) is 0 Å². The van der Waals surface area contributed by atoms with Crippen LogP contribution in [0.5, 0.6) is 0 Å². The van der Waals surface area contributed by atoms with Crippen LogP contribution in [0.2, 0.25) is 0 Å². The second-order valence-corrected chi connectivity index (χ2v) is 6.95. The van der Waals surface area contributed by atoms with E-state index in [1.807, 2.05) is 18.5 Å². The maximum absolute atomic E-state index is 12.4. The molecule has 0 saturated carbocycles. The molecule has 7 heteroatoms. The molecule has 1 fully saturated rings. The number of rotatable bonds is 4. The third kappa shape index (κ3) is 3.12. The molecule has 26 heavy (non-hydrogen) atoms. The molecule has 1 saturated heterocycles. The summed E-state index contributed by atoms with van der Waals surface area (Å²) in [5.41, 5.74) is 2.10. The fourth-order valence-electron chi connectivity index (χ4n) is 3.27. The molecule has 0 aromatic carbocycles. The topological polar surface area (TPSA) is 75.4 Å². The molecule has 1 unspecified atom stereocenters. The molecule has 3 aromatic rings. The average molecular weight is 350 g/mol. The summed E-state index contributed by atoms with van der Waals surface area (Å²) < 4.78 is 2.05. The quantitative estimate of drug-likeness (QED) is 0.781. The predicted octanol–water partition coefficient (Wildman–Crippen LogP) is 2.26. The Morgan fingerprint density at radius 2 is 2.04 bits per heavy atom. The first-order valence-corrected chi connectivity index (χ1v) is 8.91. The third-order valence-corrected chi connectivity index (χ3v) is 4.80. The number of nitrogens with one attached hydrogen (secondary N) is 1. The van der Waals surface area contributed by atoms with Crippen molar-refractivity contribution in [3.8, 4) is 0 Å². The van der Waals surface area contributed by atoms with E-state index in [2.05, 4.69) is 49.5 Å². The number of carbonyl (C=O) groups is 1. The first-order valence-electron chi connectivity index (χ1n) is 8.91. The van der Waals surface area contributed by atoms with Crippen LogP contribution < -0.4 is 10.2 Å². The Bertz CT molecular complexity index is 917. The van der Waals surface area contributed by atoms with Crippen molar-refractivity contribution in [2.45, 2.75) is 32.2 Å². The number of hydrogen-bond acceptors (Lipinski definition) is 5. The highest BCUT2D eigenvalue weighted by Gasteiger charge is 2.27. The Morgan fingerprint density at radius 1 is 1.23 bits per heavy atom. The van der Waals surface area contributed by atoms with Crippen LogP contribution in [0.3, 0.4) is 0 Å². The average Bonchev–Trinajstić information content (AvgIpc) is 3.30. The van der Waals surface area contributed by atoms with Crippen LogP contribution in [-0.2, 0) is 0 Å². The van der Waals surface area contributed by atoms with Crippen molar-refractivity contribution in [3.05, 3.63) is 54.5 Å². The Balaban J connectivity index is 1.42. The summed E-state index contributed by atoms with van der Waals surface area (Å²) in [5.74, 6) is 1.30. The van der Waals surface area contributed by atoms with Gasteiger partial charge in [0.15, 0.2) is 5.82 Å². The summed E-state index contributed by atoms with van der Waals surface area (Å²) in [6, 6.07) is 4.12. The number of nitrogens with zero attached hydrogens (tertiary/aromatic N) is 5. The summed E-state index contributed by atoms with van der Waals surface area (Å²) >= 11 is 0. The maximum atomic E-state index is 12.4. The Labute approximate surface area is 152 Å². The van der Waals surface area contributed by atoms with Crippen LogP contribution in [0.25, 0.3) is 5.52 Å². The van der Waals surface area contributed by atoms with E-state index in [1.54, 1.807) is 18.6 Å². The molecule has 4 heterocycles. The van der Waals surface area contributed by atoms with Crippen molar-refractivity contribution in [1.82, 2.24) is 24.7 Å². The zero-order valence-electron chi connectivity index (χ0n) is 15.0. The second kappa shape index (κ2) is 6.74. The van der Waals surface area contributed by atoms with Crippen molar-refractivity contribution < 1.29 is 4.79 Å². The maximum Gasteiger partial charge on any atom is 0.289 e. The molecule has 1 atom stereocenters. The van der Waals surface area contributed by atoms with Gasteiger partial charge in [0, 0.05) is 50.1 Å². The van der Waals surface area contributed by atoms with Gasteiger partial charge in [-0.25, -0.2) is 15.0 Å². The van der Waals surface area contributed by atoms with Gasteiger partial charge in [-0.15, -0.1) is 0 Å². The molecule has 1 aliphatic heterocycles. The van der Waals surface area contributed by atoms with Crippen LogP contribution in [0.1, 0.15) is 42.4 Å². The first kappa shape index (κ1) is 16.5. The molecule has 0 aliphatic carbocycles. The molecule has 0 radical (unpaired) electrons. The molecule has 4 rings (SSSR count). The van der Waals surface area contributed by atoms with Crippen LogP contribution >= 0.6 is 0 Å². The molecule has 0 bridgehead atoms. The SMILES string of the molecule is CC(C)c1cnc(C(=O)NC2CCN(c3nccn4cccc34)C2)nc1. The van der Waals surface area contributed by atoms with Gasteiger partial charge in [-0.05, 0) is 30.0 Å².